The van der Waals surface area contributed by atoms with E-state index in [2.05, 4.69) is 22.4 Å². The van der Waals surface area contributed by atoms with Gasteiger partial charge < -0.3 is 4.57 Å². The number of nitrogens with zero attached hydrogens (tertiary/aromatic N) is 3. The molecule has 25 heavy (non-hydrogen) atoms. The van der Waals surface area contributed by atoms with Crippen molar-refractivity contribution in [1.82, 2.24) is 15.0 Å². The van der Waals surface area contributed by atoms with Gasteiger partial charge in [0.2, 0.25) is 0 Å². The van der Waals surface area contributed by atoms with E-state index in [1.807, 2.05) is 59.2 Å². The lowest BCUT2D eigenvalue weighted by Gasteiger charge is -2.08. The van der Waals surface area contributed by atoms with Crippen molar-refractivity contribution in [2.75, 3.05) is 0 Å². The Kier molecular flexibility index (Phi) is 5.57. The molecule has 0 fully saturated rings. The van der Waals surface area contributed by atoms with Crippen LogP contribution in [-0.4, -0.2) is 21.2 Å². The number of nitrogens with one attached hydrogen (secondary N) is 1. The summed E-state index contributed by atoms with van der Waals surface area (Å²) in [7, 11) is 0. The highest BCUT2D eigenvalue weighted by Crippen LogP contribution is 2.11. The van der Waals surface area contributed by atoms with Crippen LogP contribution in [0.4, 0.5) is 0 Å². The van der Waals surface area contributed by atoms with Crippen molar-refractivity contribution >= 4 is 22.7 Å². The van der Waals surface area contributed by atoms with Crippen LogP contribution in [-0.2, 0) is 11.3 Å². The number of unbranched alkanes of at least 4 members (excludes halogenated alkanes) is 1. The number of aromatic nitrogens is 2. The Morgan fingerprint density at radius 2 is 1.88 bits per heavy atom. The molecule has 2 aromatic carbocycles. The molecule has 0 aliphatic carbocycles. The number of imidazole rings is 1. The predicted octanol–water partition coefficient (Wildman–Crippen LogP) is 3.75. The van der Waals surface area contributed by atoms with Crippen LogP contribution in [0.15, 0.2) is 66.0 Å². The molecule has 1 aromatic heterocycles. The zero-order valence-corrected chi connectivity index (χ0v) is 14.4. The maximum absolute atomic E-state index is 12.3. The van der Waals surface area contributed by atoms with Crippen molar-refractivity contribution in [2.45, 2.75) is 32.7 Å². The van der Waals surface area contributed by atoms with Gasteiger partial charge in [0.1, 0.15) is 6.54 Å². The van der Waals surface area contributed by atoms with Crippen molar-refractivity contribution in [3.05, 3.63) is 66.5 Å². The molecule has 0 atom stereocenters. The summed E-state index contributed by atoms with van der Waals surface area (Å²) in [6.45, 7) is 2.34. The van der Waals surface area contributed by atoms with E-state index in [9.17, 15) is 4.79 Å². The Morgan fingerprint density at radius 1 is 1.12 bits per heavy atom. The van der Waals surface area contributed by atoms with Gasteiger partial charge in [-0.05, 0) is 30.5 Å². The van der Waals surface area contributed by atoms with Crippen molar-refractivity contribution < 1.29 is 4.79 Å². The van der Waals surface area contributed by atoms with Gasteiger partial charge in [0.25, 0.3) is 5.91 Å². The fourth-order valence-electron chi connectivity index (χ4n) is 2.70. The number of rotatable bonds is 7. The molecule has 1 amide bonds. The van der Waals surface area contributed by atoms with Crippen molar-refractivity contribution in [3.8, 4) is 0 Å². The van der Waals surface area contributed by atoms with Gasteiger partial charge in [-0.2, -0.15) is 5.10 Å². The maximum Gasteiger partial charge on any atom is 0.260 e. The molecule has 0 bridgehead atoms. The van der Waals surface area contributed by atoms with Crippen LogP contribution in [0.2, 0.25) is 0 Å². The predicted molar refractivity (Wildman–Crippen MR) is 100 cm³/mol. The molecule has 5 nitrogen and oxygen atoms in total. The highest BCUT2D eigenvalue weighted by atomic mass is 16.2. The van der Waals surface area contributed by atoms with Gasteiger partial charge in [-0.3, -0.25) is 4.79 Å². The van der Waals surface area contributed by atoms with E-state index in [1.165, 1.54) is 0 Å². The zero-order chi connectivity index (χ0) is 17.5. The number of carbonyl (C=O) groups is 1. The van der Waals surface area contributed by atoms with Gasteiger partial charge >= 0.3 is 0 Å². The van der Waals surface area contributed by atoms with E-state index in [4.69, 9.17) is 0 Å². The summed E-state index contributed by atoms with van der Waals surface area (Å²) in [5.74, 6) is -0.159. The number of amides is 1. The first kappa shape index (κ1) is 16.9. The van der Waals surface area contributed by atoms with Gasteiger partial charge in [0.05, 0.1) is 23.1 Å². The number of hydrazone groups is 1. The molecule has 5 heteroatoms. The van der Waals surface area contributed by atoms with E-state index in [1.54, 1.807) is 6.33 Å². The SMILES string of the molecule is CCCC/C(=N/NC(=O)Cn1cnc2ccccc21)c1ccccc1. The second-order valence-electron chi connectivity index (χ2n) is 5.92. The van der Waals surface area contributed by atoms with Crippen LogP contribution in [0.3, 0.4) is 0 Å². The monoisotopic (exact) mass is 334 g/mol. The summed E-state index contributed by atoms with van der Waals surface area (Å²) >= 11 is 0. The summed E-state index contributed by atoms with van der Waals surface area (Å²) < 4.78 is 1.83. The number of benzene rings is 2. The fourth-order valence-corrected chi connectivity index (χ4v) is 2.70. The van der Waals surface area contributed by atoms with Gasteiger partial charge in [0.15, 0.2) is 0 Å². The molecule has 0 radical (unpaired) electrons. The third kappa shape index (κ3) is 4.32. The average Bonchev–Trinajstić information content (AvgIpc) is 3.05. The van der Waals surface area contributed by atoms with E-state index in [0.717, 1.165) is 41.6 Å². The molecule has 128 valence electrons. The minimum absolute atomic E-state index is 0.159. The Hall–Kier alpha value is -2.95. The zero-order valence-electron chi connectivity index (χ0n) is 14.4. The Balaban J connectivity index is 1.70. The number of fused-ring (bicyclic) bond motifs is 1. The lowest BCUT2D eigenvalue weighted by Crippen LogP contribution is -2.24. The van der Waals surface area contributed by atoms with Crippen molar-refractivity contribution in [1.29, 1.82) is 0 Å². The lowest BCUT2D eigenvalue weighted by molar-refractivity contribution is -0.121. The highest BCUT2D eigenvalue weighted by molar-refractivity contribution is 6.01. The Morgan fingerprint density at radius 3 is 2.68 bits per heavy atom. The van der Waals surface area contributed by atoms with Crippen LogP contribution in [0.25, 0.3) is 11.0 Å². The van der Waals surface area contributed by atoms with Crippen LogP contribution >= 0.6 is 0 Å². The van der Waals surface area contributed by atoms with Gasteiger partial charge in [0, 0.05) is 0 Å². The molecular formula is C20H22N4O. The third-order valence-corrected chi connectivity index (χ3v) is 4.03. The quantitative estimate of drug-likeness (QED) is 0.528. The molecule has 0 aliphatic heterocycles. The lowest BCUT2D eigenvalue weighted by atomic mass is 10.1. The molecule has 0 spiro atoms. The minimum Gasteiger partial charge on any atom is -0.321 e. The topological polar surface area (TPSA) is 59.3 Å². The van der Waals surface area contributed by atoms with Crippen LogP contribution < -0.4 is 5.43 Å². The number of hydrogen-bond donors (Lipinski definition) is 1. The Labute approximate surface area is 147 Å². The van der Waals surface area contributed by atoms with Crippen molar-refractivity contribution in [3.63, 3.8) is 0 Å². The van der Waals surface area contributed by atoms with Crippen LogP contribution in [0, 0.1) is 0 Å². The summed E-state index contributed by atoms with van der Waals surface area (Å²) in [6, 6.07) is 17.7. The molecule has 0 unspecified atom stereocenters. The number of carbonyl (C=O) groups excluding carboxylic acids is 1. The summed E-state index contributed by atoms with van der Waals surface area (Å²) in [5, 5.41) is 4.38. The minimum atomic E-state index is -0.159. The smallest absolute Gasteiger partial charge is 0.260 e. The fraction of sp³-hybridized carbons (Fsp3) is 0.250. The van der Waals surface area contributed by atoms with E-state index in [-0.39, 0.29) is 12.5 Å². The molecule has 1 N–H and O–H groups in total. The molecular weight excluding hydrogens is 312 g/mol. The maximum atomic E-state index is 12.3. The standard InChI is InChI=1S/C20H22N4O/c1-2-3-11-17(16-9-5-4-6-10-16)22-23-20(25)14-24-15-21-18-12-7-8-13-19(18)24/h4-10,12-13,15H,2-3,11,14H2,1H3,(H,23,25)/b22-17-. The highest BCUT2D eigenvalue weighted by Gasteiger charge is 2.08. The van der Waals surface area contributed by atoms with E-state index >= 15 is 0 Å². The molecule has 0 aliphatic rings. The van der Waals surface area contributed by atoms with Crippen molar-refractivity contribution in [2.24, 2.45) is 5.10 Å². The average molecular weight is 334 g/mol. The number of para-hydroxylation sites is 2. The van der Waals surface area contributed by atoms with Crippen LogP contribution in [0.5, 0.6) is 0 Å². The van der Waals surface area contributed by atoms with E-state index < -0.39 is 0 Å². The molecule has 0 saturated heterocycles. The largest absolute Gasteiger partial charge is 0.321 e. The van der Waals surface area contributed by atoms with Gasteiger partial charge in [-0.1, -0.05) is 55.8 Å². The number of hydrogen-bond acceptors (Lipinski definition) is 3. The first-order valence-corrected chi connectivity index (χ1v) is 8.58. The second kappa shape index (κ2) is 8.24. The normalized spacial score (nSPS) is 11.6. The van der Waals surface area contributed by atoms with E-state index in [0.29, 0.717) is 0 Å². The summed E-state index contributed by atoms with van der Waals surface area (Å²) in [4.78, 5) is 16.6. The molecule has 3 rings (SSSR count). The summed E-state index contributed by atoms with van der Waals surface area (Å²) in [6.07, 6.45) is 4.65. The molecule has 0 saturated carbocycles. The first-order valence-electron chi connectivity index (χ1n) is 8.58. The third-order valence-electron chi connectivity index (χ3n) is 4.03. The Bertz CT molecular complexity index is 868. The second-order valence-corrected chi connectivity index (χ2v) is 5.92. The molecule has 3 aromatic rings. The van der Waals surface area contributed by atoms with Gasteiger partial charge in [-0.15, -0.1) is 0 Å². The van der Waals surface area contributed by atoms with Gasteiger partial charge in [-0.25, -0.2) is 10.4 Å². The van der Waals surface area contributed by atoms with Crippen LogP contribution in [0.1, 0.15) is 31.7 Å². The first-order chi connectivity index (χ1) is 12.3. The summed E-state index contributed by atoms with van der Waals surface area (Å²) in [5.41, 5.74) is 6.47. The molecule has 1 heterocycles.